The van der Waals surface area contributed by atoms with Crippen LogP contribution in [0.25, 0.3) is 0 Å². The van der Waals surface area contributed by atoms with Gasteiger partial charge in [0.25, 0.3) is 0 Å². The summed E-state index contributed by atoms with van der Waals surface area (Å²) in [5, 5.41) is 30.2. The number of carbonyl (C=O) groups is 2. The average molecular weight is 396 g/mol. The van der Waals surface area contributed by atoms with Crippen LogP contribution in [0.15, 0.2) is 36.9 Å². The summed E-state index contributed by atoms with van der Waals surface area (Å²) in [7, 11) is 1.13. The molecule has 0 aromatic heterocycles. The van der Waals surface area contributed by atoms with E-state index in [1.54, 1.807) is 18.2 Å². The van der Waals surface area contributed by atoms with Gasteiger partial charge in [-0.2, -0.15) is 0 Å². The van der Waals surface area contributed by atoms with Crippen LogP contribution in [0.5, 0.6) is 5.75 Å². The van der Waals surface area contributed by atoms with E-state index in [1.165, 1.54) is 0 Å². The standard InChI is InChI=1S/C19H24O9/c1-3-4-11-5-7-12(8-6-11)27-19-18(24)17(23)16(22)13(28-19)10-26-15(21)9-14(20)25-2/h3,5-8,13,16-19,22-24H,1,4,9-10H2,2H3/t13-,16-,17+,18-,19-/m1/s1. The third kappa shape index (κ3) is 5.77. The molecule has 1 heterocycles. The molecule has 0 aliphatic carbocycles. The molecule has 28 heavy (non-hydrogen) atoms. The van der Waals surface area contributed by atoms with Crippen molar-refractivity contribution in [2.24, 2.45) is 0 Å². The van der Waals surface area contributed by atoms with Gasteiger partial charge in [0.05, 0.1) is 7.11 Å². The maximum Gasteiger partial charge on any atom is 0.317 e. The number of ether oxygens (including phenoxy) is 4. The summed E-state index contributed by atoms with van der Waals surface area (Å²) >= 11 is 0. The summed E-state index contributed by atoms with van der Waals surface area (Å²) in [6.07, 6.45) is -5.23. The van der Waals surface area contributed by atoms with Gasteiger partial charge in [-0.15, -0.1) is 6.58 Å². The van der Waals surface area contributed by atoms with Crippen LogP contribution in [-0.4, -0.2) is 71.7 Å². The molecule has 0 saturated carbocycles. The number of hydrogen-bond donors (Lipinski definition) is 3. The second kappa shape index (κ2) is 10.2. The van der Waals surface area contributed by atoms with Crippen LogP contribution < -0.4 is 4.74 Å². The minimum atomic E-state index is -1.58. The number of methoxy groups -OCH3 is 1. The Balaban J connectivity index is 1.97. The molecule has 9 nitrogen and oxygen atoms in total. The molecule has 0 amide bonds. The first-order chi connectivity index (χ1) is 13.3. The summed E-state index contributed by atoms with van der Waals surface area (Å²) in [5.41, 5.74) is 1.01. The number of benzene rings is 1. The highest BCUT2D eigenvalue weighted by Crippen LogP contribution is 2.25. The highest BCUT2D eigenvalue weighted by atomic mass is 16.7. The number of aliphatic hydroxyl groups excluding tert-OH is 3. The summed E-state index contributed by atoms with van der Waals surface area (Å²) in [4.78, 5) is 22.6. The molecule has 0 spiro atoms. The van der Waals surface area contributed by atoms with Crippen molar-refractivity contribution in [1.82, 2.24) is 0 Å². The molecule has 1 aliphatic rings. The van der Waals surface area contributed by atoms with E-state index in [-0.39, 0.29) is 0 Å². The lowest BCUT2D eigenvalue weighted by atomic mass is 9.99. The van der Waals surface area contributed by atoms with Gasteiger partial charge in [-0.1, -0.05) is 18.2 Å². The number of hydrogen-bond acceptors (Lipinski definition) is 9. The van der Waals surface area contributed by atoms with Gasteiger partial charge in [0.2, 0.25) is 6.29 Å². The van der Waals surface area contributed by atoms with Crippen LogP contribution >= 0.6 is 0 Å². The van der Waals surface area contributed by atoms with Crippen LogP contribution in [0.1, 0.15) is 12.0 Å². The quantitative estimate of drug-likeness (QED) is 0.308. The fourth-order valence-electron chi connectivity index (χ4n) is 2.57. The molecular weight excluding hydrogens is 372 g/mol. The Labute approximate surface area is 162 Å². The van der Waals surface area contributed by atoms with E-state index < -0.39 is 55.7 Å². The maximum absolute atomic E-state index is 11.6. The molecule has 1 aliphatic heterocycles. The fourth-order valence-corrected chi connectivity index (χ4v) is 2.57. The third-order valence-corrected chi connectivity index (χ3v) is 4.15. The lowest BCUT2D eigenvalue weighted by Crippen LogP contribution is -2.60. The minimum absolute atomic E-state index is 0.377. The van der Waals surface area contributed by atoms with Crippen molar-refractivity contribution in [2.75, 3.05) is 13.7 Å². The van der Waals surface area contributed by atoms with E-state index in [1.807, 2.05) is 12.1 Å². The average Bonchev–Trinajstić information content (AvgIpc) is 2.69. The second-order valence-electron chi connectivity index (χ2n) is 6.21. The molecule has 9 heteroatoms. The molecule has 3 N–H and O–H groups in total. The Morgan fingerprint density at radius 3 is 2.39 bits per heavy atom. The number of esters is 2. The Bertz CT molecular complexity index is 672. The van der Waals surface area contributed by atoms with Crippen LogP contribution in [0, 0.1) is 0 Å². The topological polar surface area (TPSA) is 132 Å². The highest BCUT2D eigenvalue weighted by Gasteiger charge is 2.45. The van der Waals surface area contributed by atoms with Crippen molar-refractivity contribution in [3.05, 3.63) is 42.5 Å². The Kier molecular flexibility index (Phi) is 7.94. The lowest BCUT2D eigenvalue weighted by Gasteiger charge is -2.39. The molecule has 5 atom stereocenters. The van der Waals surface area contributed by atoms with Gasteiger partial charge in [-0.3, -0.25) is 9.59 Å². The van der Waals surface area contributed by atoms with Crippen molar-refractivity contribution < 1.29 is 43.9 Å². The Morgan fingerprint density at radius 2 is 1.79 bits per heavy atom. The van der Waals surface area contributed by atoms with Crippen molar-refractivity contribution >= 4 is 11.9 Å². The zero-order valence-corrected chi connectivity index (χ0v) is 15.4. The molecule has 0 unspecified atom stereocenters. The summed E-state index contributed by atoms with van der Waals surface area (Å²) in [6, 6.07) is 6.95. The number of carbonyl (C=O) groups excluding carboxylic acids is 2. The van der Waals surface area contributed by atoms with Crippen molar-refractivity contribution in [3.63, 3.8) is 0 Å². The van der Waals surface area contributed by atoms with E-state index in [0.29, 0.717) is 12.2 Å². The molecule has 1 saturated heterocycles. The van der Waals surface area contributed by atoms with Gasteiger partial charge < -0.3 is 34.3 Å². The monoisotopic (exact) mass is 396 g/mol. The first kappa shape index (κ1) is 21.8. The molecule has 2 rings (SSSR count). The molecule has 1 aromatic rings. The first-order valence-electron chi connectivity index (χ1n) is 8.64. The van der Waals surface area contributed by atoms with Crippen LogP contribution in [0.4, 0.5) is 0 Å². The number of allylic oxidation sites excluding steroid dienone is 1. The lowest BCUT2D eigenvalue weighted by molar-refractivity contribution is -0.278. The van der Waals surface area contributed by atoms with Crippen LogP contribution in [-0.2, 0) is 30.2 Å². The van der Waals surface area contributed by atoms with Gasteiger partial charge in [-0.05, 0) is 24.1 Å². The Hall–Kier alpha value is -2.46. The van der Waals surface area contributed by atoms with E-state index in [2.05, 4.69) is 11.3 Å². The van der Waals surface area contributed by atoms with Gasteiger partial charge in [0.15, 0.2) is 0 Å². The van der Waals surface area contributed by atoms with Gasteiger partial charge in [0, 0.05) is 0 Å². The van der Waals surface area contributed by atoms with Gasteiger partial charge in [-0.25, -0.2) is 0 Å². The smallest absolute Gasteiger partial charge is 0.317 e. The van der Waals surface area contributed by atoms with E-state index in [4.69, 9.17) is 14.2 Å². The zero-order valence-electron chi connectivity index (χ0n) is 15.4. The van der Waals surface area contributed by atoms with Crippen LogP contribution in [0.3, 0.4) is 0 Å². The summed E-state index contributed by atoms with van der Waals surface area (Å²) in [6.45, 7) is 3.21. The van der Waals surface area contributed by atoms with Gasteiger partial charge >= 0.3 is 11.9 Å². The third-order valence-electron chi connectivity index (χ3n) is 4.15. The fraction of sp³-hybridized carbons (Fsp3) is 0.474. The molecule has 154 valence electrons. The highest BCUT2D eigenvalue weighted by molar-refractivity contribution is 5.91. The minimum Gasteiger partial charge on any atom is -0.469 e. The zero-order chi connectivity index (χ0) is 20.7. The predicted molar refractivity (Wildman–Crippen MR) is 95.2 cm³/mol. The summed E-state index contributed by atoms with van der Waals surface area (Å²) < 4.78 is 20.2. The number of rotatable bonds is 8. The first-order valence-corrected chi connectivity index (χ1v) is 8.64. The van der Waals surface area contributed by atoms with E-state index in [0.717, 1.165) is 12.7 Å². The molecule has 1 aromatic carbocycles. The SMILES string of the molecule is C=CCc1ccc(O[C@@H]2O[C@H](COC(=O)CC(=O)OC)[C@@H](O)[C@H](O)[C@H]2O)cc1. The van der Waals surface area contributed by atoms with Gasteiger partial charge in [0.1, 0.15) is 43.2 Å². The Morgan fingerprint density at radius 1 is 1.11 bits per heavy atom. The van der Waals surface area contributed by atoms with E-state index >= 15 is 0 Å². The maximum atomic E-state index is 11.6. The van der Waals surface area contributed by atoms with Crippen LogP contribution in [0.2, 0.25) is 0 Å². The van der Waals surface area contributed by atoms with Crippen molar-refractivity contribution in [1.29, 1.82) is 0 Å². The number of aliphatic hydroxyl groups is 3. The molecule has 0 radical (unpaired) electrons. The van der Waals surface area contributed by atoms with E-state index in [9.17, 15) is 24.9 Å². The van der Waals surface area contributed by atoms with Crippen molar-refractivity contribution in [2.45, 2.75) is 43.5 Å². The molecular formula is C19H24O9. The second-order valence-corrected chi connectivity index (χ2v) is 6.21. The largest absolute Gasteiger partial charge is 0.469 e. The molecule has 1 fully saturated rings. The molecule has 0 bridgehead atoms. The normalized spacial score (nSPS) is 26.9. The predicted octanol–water partition coefficient (Wildman–Crippen LogP) is -0.292. The summed E-state index contributed by atoms with van der Waals surface area (Å²) in [5.74, 6) is -1.27. The van der Waals surface area contributed by atoms with Crippen molar-refractivity contribution in [3.8, 4) is 5.75 Å².